The highest BCUT2D eigenvalue weighted by molar-refractivity contribution is 6.30. The van der Waals surface area contributed by atoms with E-state index in [0.717, 1.165) is 0 Å². The van der Waals surface area contributed by atoms with Crippen molar-refractivity contribution in [3.05, 3.63) is 68.7 Å². The number of piperazine rings is 1. The Balaban J connectivity index is 1.69. The number of hydrogen-bond acceptors (Lipinski definition) is 4. The zero-order chi connectivity index (χ0) is 20.5. The van der Waals surface area contributed by atoms with Crippen LogP contribution in [0.5, 0.6) is 0 Å². The number of anilines is 1. The topological polar surface area (TPSA) is 66.7 Å². The second-order valence-electron chi connectivity index (χ2n) is 8.00. The van der Waals surface area contributed by atoms with E-state index in [2.05, 4.69) is 20.8 Å². The molecule has 2 aromatic carbocycles. The first-order chi connectivity index (χ1) is 13.2. The number of carbonyl (C=O) groups is 1. The molecule has 0 saturated carbocycles. The molecule has 0 bridgehead atoms. The van der Waals surface area contributed by atoms with Crippen LogP contribution < -0.4 is 4.90 Å². The van der Waals surface area contributed by atoms with Crippen LogP contribution in [0, 0.1) is 10.1 Å². The number of nitrogens with zero attached hydrogens (tertiary/aromatic N) is 3. The molecule has 6 nitrogen and oxygen atoms in total. The number of amides is 1. The number of benzene rings is 2. The van der Waals surface area contributed by atoms with Gasteiger partial charge in [-0.2, -0.15) is 0 Å². The van der Waals surface area contributed by atoms with Gasteiger partial charge in [0.2, 0.25) is 0 Å². The largest absolute Gasteiger partial charge is 0.362 e. The average molecular weight is 402 g/mol. The maximum absolute atomic E-state index is 12.8. The van der Waals surface area contributed by atoms with E-state index in [-0.39, 0.29) is 17.0 Å². The van der Waals surface area contributed by atoms with E-state index >= 15 is 0 Å². The number of nitro groups is 1. The summed E-state index contributed by atoms with van der Waals surface area (Å²) in [4.78, 5) is 27.4. The van der Waals surface area contributed by atoms with Crippen molar-refractivity contribution < 1.29 is 9.72 Å². The number of hydrogen-bond donors (Lipinski definition) is 0. The Labute approximate surface area is 169 Å². The fourth-order valence-electron chi connectivity index (χ4n) is 3.36. The van der Waals surface area contributed by atoms with Crippen molar-refractivity contribution in [2.75, 3.05) is 31.1 Å². The minimum absolute atomic E-state index is 0.00860. The summed E-state index contributed by atoms with van der Waals surface area (Å²) in [7, 11) is 0. The number of rotatable bonds is 3. The van der Waals surface area contributed by atoms with Crippen molar-refractivity contribution in [1.29, 1.82) is 0 Å². The quantitative estimate of drug-likeness (QED) is 0.560. The Morgan fingerprint density at radius 2 is 1.64 bits per heavy atom. The lowest BCUT2D eigenvalue weighted by atomic mass is 9.86. The molecule has 7 heteroatoms. The number of halogens is 1. The maximum Gasteiger partial charge on any atom is 0.294 e. The third-order valence-corrected chi connectivity index (χ3v) is 5.27. The fraction of sp³-hybridized carbons (Fsp3) is 0.381. The molecule has 1 amide bonds. The number of carbonyl (C=O) groups excluding carboxylic acids is 1. The molecule has 1 saturated heterocycles. The molecular weight excluding hydrogens is 378 g/mol. The Morgan fingerprint density at radius 3 is 2.18 bits per heavy atom. The van der Waals surface area contributed by atoms with E-state index in [0.29, 0.717) is 42.5 Å². The van der Waals surface area contributed by atoms with Crippen molar-refractivity contribution in [2.24, 2.45) is 0 Å². The Hall–Kier alpha value is -2.60. The number of nitro benzene ring substituents is 1. The van der Waals surface area contributed by atoms with Crippen molar-refractivity contribution in [1.82, 2.24) is 4.90 Å². The molecule has 0 radical (unpaired) electrons. The van der Waals surface area contributed by atoms with Crippen LogP contribution in [0.15, 0.2) is 42.5 Å². The van der Waals surface area contributed by atoms with Gasteiger partial charge in [0.25, 0.3) is 11.6 Å². The maximum atomic E-state index is 12.8. The summed E-state index contributed by atoms with van der Waals surface area (Å²) in [6.07, 6.45) is 0. The summed E-state index contributed by atoms with van der Waals surface area (Å²) in [6.45, 7) is 8.51. The molecule has 1 aliphatic heterocycles. The molecule has 0 N–H and O–H groups in total. The first-order valence-corrected chi connectivity index (χ1v) is 9.63. The van der Waals surface area contributed by atoms with Crippen molar-refractivity contribution in [3.63, 3.8) is 0 Å². The van der Waals surface area contributed by atoms with Gasteiger partial charge < -0.3 is 9.80 Å². The van der Waals surface area contributed by atoms with Crippen molar-refractivity contribution in [2.45, 2.75) is 26.2 Å². The molecule has 148 valence electrons. The minimum atomic E-state index is -0.421. The van der Waals surface area contributed by atoms with Gasteiger partial charge in [-0.1, -0.05) is 44.5 Å². The van der Waals surface area contributed by atoms with Crippen LogP contribution in [0.4, 0.5) is 11.4 Å². The van der Waals surface area contributed by atoms with Crippen LogP contribution in [0.3, 0.4) is 0 Å². The van der Waals surface area contributed by atoms with Crippen molar-refractivity contribution >= 4 is 28.9 Å². The smallest absolute Gasteiger partial charge is 0.294 e. The lowest BCUT2D eigenvalue weighted by Gasteiger charge is -2.36. The van der Waals surface area contributed by atoms with Gasteiger partial charge in [-0.05, 0) is 35.2 Å². The molecule has 28 heavy (non-hydrogen) atoms. The predicted octanol–water partition coefficient (Wildman–Crippen LogP) is 4.51. The first kappa shape index (κ1) is 20.1. The summed E-state index contributed by atoms with van der Waals surface area (Å²) in [5.41, 5.74) is 2.42. The van der Waals surface area contributed by atoms with E-state index in [9.17, 15) is 14.9 Å². The third kappa shape index (κ3) is 4.28. The zero-order valence-electron chi connectivity index (χ0n) is 16.3. The van der Waals surface area contributed by atoms with Crippen molar-refractivity contribution in [3.8, 4) is 0 Å². The van der Waals surface area contributed by atoms with Gasteiger partial charge in [0.05, 0.1) is 4.92 Å². The van der Waals surface area contributed by atoms with E-state index in [4.69, 9.17) is 11.6 Å². The fourth-order valence-corrected chi connectivity index (χ4v) is 3.52. The molecular formula is C21H24ClN3O3. The first-order valence-electron chi connectivity index (χ1n) is 9.25. The Morgan fingerprint density at radius 1 is 1.04 bits per heavy atom. The molecule has 1 fully saturated rings. The summed E-state index contributed by atoms with van der Waals surface area (Å²) in [5.74, 6) is -0.00860. The van der Waals surface area contributed by atoms with Gasteiger partial charge >= 0.3 is 0 Å². The minimum Gasteiger partial charge on any atom is -0.362 e. The van der Waals surface area contributed by atoms with E-state index in [1.165, 1.54) is 11.6 Å². The Kier molecular flexibility index (Phi) is 5.61. The average Bonchev–Trinajstić information content (AvgIpc) is 2.67. The molecule has 1 aliphatic rings. The highest BCUT2D eigenvalue weighted by Crippen LogP contribution is 2.31. The molecule has 3 rings (SSSR count). The van der Waals surface area contributed by atoms with Crippen LogP contribution in [0.25, 0.3) is 0 Å². The summed E-state index contributed by atoms with van der Waals surface area (Å²) >= 11 is 5.90. The zero-order valence-corrected chi connectivity index (χ0v) is 17.1. The molecule has 2 aromatic rings. The standard InChI is InChI=1S/C21H24ClN3O3/c1-21(2,3)16-6-4-15(5-7-16)20(26)24-12-10-23(11-13-24)18-9-8-17(22)14-19(18)25(27)28/h4-9,14H,10-13H2,1-3H3. The molecule has 0 spiro atoms. The van der Waals surface area contributed by atoms with E-state index < -0.39 is 4.92 Å². The van der Waals surface area contributed by atoms with Crippen LogP contribution in [-0.4, -0.2) is 41.9 Å². The highest BCUT2D eigenvalue weighted by Gasteiger charge is 2.26. The lowest BCUT2D eigenvalue weighted by Crippen LogP contribution is -2.49. The molecule has 0 aliphatic carbocycles. The van der Waals surface area contributed by atoms with Gasteiger partial charge in [0, 0.05) is 42.8 Å². The summed E-state index contributed by atoms with van der Waals surface area (Å²) in [5, 5.41) is 11.7. The molecule has 0 aromatic heterocycles. The second kappa shape index (κ2) is 7.80. The van der Waals surface area contributed by atoms with Gasteiger partial charge in [0.1, 0.15) is 5.69 Å². The van der Waals surface area contributed by atoms with Crippen LogP contribution in [0.1, 0.15) is 36.7 Å². The van der Waals surface area contributed by atoms with E-state index in [1.54, 1.807) is 17.0 Å². The second-order valence-corrected chi connectivity index (χ2v) is 8.43. The van der Waals surface area contributed by atoms with Crippen LogP contribution >= 0.6 is 11.6 Å². The summed E-state index contributed by atoms with van der Waals surface area (Å²) < 4.78 is 0. The van der Waals surface area contributed by atoms with Gasteiger partial charge in [-0.3, -0.25) is 14.9 Å². The summed E-state index contributed by atoms with van der Waals surface area (Å²) in [6, 6.07) is 12.4. The molecule has 1 heterocycles. The molecule has 0 atom stereocenters. The van der Waals surface area contributed by atoms with Gasteiger partial charge in [-0.15, -0.1) is 0 Å². The van der Waals surface area contributed by atoms with E-state index in [1.807, 2.05) is 29.2 Å². The van der Waals surface area contributed by atoms with Crippen LogP contribution in [0.2, 0.25) is 5.02 Å². The normalized spacial score (nSPS) is 14.9. The monoisotopic (exact) mass is 401 g/mol. The van der Waals surface area contributed by atoms with Crippen LogP contribution in [-0.2, 0) is 5.41 Å². The lowest BCUT2D eigenvalue weighted by molar-refractivity contribution is -0.384. The molecule has 0 unspecified atom stereocenters. The SMILES string of the molecule is CC(C)(C)c1ccc(C(=O)N2CCN(c3ccc(Cl)cc3[N+](=O)[O-])CC2)cc1. The van der Waals surface area contributed by atoms with Gasteiger partial charge in [-0.25, -0.2) is 0 Å². The Bertz CT molecular complexity index is 883. The predicted molar refractivity (Wildman–Crippen MR) is 111 cm³/mol. The third-order valence-electron chi connectivity index (χ3n) is 5.04. The highest BCUT2D eigenvalue weighted by atomic mass is 35.5. The van der Waals surface area contributed by atoms with Gasteiger partial charge in [0.15, 0.2) is 0 Å².